The summed E-state index contributed by atoms with van der Waals surface area (Å²) >= 11 is 0. The van der Waals surface area contributed by atoms with Crippen LogP contribution in [0.1, 0.15) is 252 Å². The van der Waals surface area contributed by atoms with E-state index < -0.39 is 67.3 Å². The number of aliphatic carboxylic acids is 1. The molecule has 0 aromatic heterocycles. The van der Waals surface area contributed by atoms with Crippen LogP contribution in [-0.2, 0) is 42.9 Å². The lowest BCUT2D eigenvalue weighted by atomic mass is 9.98. The molecule has 1 heterocycles. The van der Waals surface area contributed by atoms with Crippen molar-refractivity contribution >= 4 is 23.9 Å². The van der Waals surface area contributed by atoms with Crippen molar-refractivity contribution in [2.45, 2.75) is 289 Å². The lowest BCUT2D eigenvalue weighted by molar-refractivity contribution is -0.301. The average molecular weight is 1000 g/mol. The zero-order valence-electron chi connectivity index (χ0n) is 45.0. The number of carboxylic acid groups (broad SMARTS) is 1. The van der Waals surface area contributed by atoms with Crippen LogP contribution in [-0.4, -0.2) is 89.2 Å². The van der Waals surface area contributed by atoms with Crippen LogP contribution in [0.4, 0.5) is 0 Å². The van der Waals surface area contributed by atoms with Gasteiger partial charge in [0, 0.05) is 19.3 Å². The van der Waals surface area contributed by atoms with Crippen LogP contribution >= 0.6 is 0 Å². The van der Waals surface area contributed by atoms with Gasteiger partial charge >= 0.3 is 23.9 Å². The van der Waals surface area contributed by atoms with E-state index in [0.717, 1.165) is 96.3 Å². The zero-order chi connectivity index (χ0) is 51.8. The minimum atomic E-state index is -1.91. The van der Waals surface area contributed by atoms with Gasteiger partial charge in [0.25, 0.3) is 0 Å². The van der Waals surface area contributed by atoms with E-state index in [-0.39, 0.29) is 25.9 Å². The molecule has 1 aliphatic rings. The Labute approximate surface area is 431 Å². The molecular weight excluding hydrogens is 901 g/mol. The van der Waals surface area contributed by atoms with Gasteiger partial charge in [-0.3, -0.25) is 14.4 Å². The highest BCUT2D eigenvalue weighted by Crippen LogP contribution is 2.26. The molecule has 0 amide bonds. The molecule has 1 saturated heterocycles. The summed E-state index contributed by atoms with van der Waals surface area (Å²) in [5.74, 6) is -3.15. The summed E-state index contributed by atoms with van der Waals surface area (Å²) in [5, 5.41) is 31.4. The van der Waals surface area contributed by atoms with Crippen molar-refractivity contribution in [3.63, 3.8) is 0 Å². The summed E-state index contributed by atoms with van der Waals surface area (Å²) in [7, 11) is 0. The largest absolute Gasteiger partial charge is 0.479 e. The number of carbonyl (C=O) groups is 4. The summed E-state index contributed by atoms with van der Waals surface area (Å²) < 4.78 is 28.3. The van der Waals surface area contributed by atoms with Crippen LogP contribution in [0.3, 0.4) is 0 Å². The molecule has 3 N–H and O–H groups in total. The number of aliphatic hydroxyl groups excluding tert-OH is 2. The summed E-state index contributed by atoms with van der Waals surface area (Å²) in [6.07, 6.45) is 43.7. The van der Waals surface area contributed by atoms with Crippen LogP contribution < -0.4 is 0 Å². The molecule has 1 aliphatic heterocycles. The predicted molar refractivity (Wildman–Crippen MR) is 285 cm³/mol. The molecule has 0 aromatic rings. The van der Waals surface area contributed by atoms with E-state index in [4.69, 9.17) is 23.7 Å². The average Bonchev–Trinajstić information content (AvgIpc) is 3.35. The fourth-order valence-electron chi connectivity index (χ4n) is 8.49. The highest BCUT2D eigenvalue weighted by molar-refractivity contribution is 5.74. The molecular formula is C59H102O12. The Hall–Kier alpha value is -3.32. The van der Waals surface area contributed by atoms with Crippen molar-refractivity contribution in [2.24, 2.45) is 0 Å². The first kappa shape index (κ1) is 65.7. The third kappa shape index (κ3) is 38.0. The summed E-state index contributed by atoms with van der Waals surface area (Å²) in [4.78, 5) is 51.0. The molecule has 6 atom stereocenters. The van der Waals surface area contributed by atoms with Crippen LogP contribution in [0.5, 0.6) is 0 Å². The Kier molecular flexibility index (Phi) is 44.1. The van der Waals surface area contributed by atoms with Gasteiger partial charge in [-0.05, 0) is 77.0 Å². The van der Waals surface area contributed by atoms with E-state index in [1.807, 2.05) is 0 Å². The number of hydrogen-bond donors (Lipinski definition) is 3. The first-order valence-corrected chi connectivity index (χ1v) is 28.6. The maximum absolute atomic E-state index is 13.1. The second kappa shape index (κ2) is 47.7. The molecule has 1 rings (SSSR count). The number of unbranched alkanes of at least 4 members (excludes halogenated alkanes) is 26. The molecule has 12 nitrogen and oxygen atoms in total. The van der Waals surface area contributed by atoms with E-state index in [9.17, 15) is 34.5 Å². The van der Waals surface area contributed by atoms with Crippen molar-refractivity contribution in [1.82, 2.24) is 0 Å². The van der Waals surface area contributed by atoms with Crippen LogP contribution in [0.15, 0.2) is 48.6 Å². The standard InChI is InChI=1S/C59H102O12/c1-4-7-10-13-16-19-22-25-26-29-30-33-36-39-42-45-51(60)67-48-50(69-52(61)46-43-40-37-34-31-27-23-20-17-14-11-8-5-2)49-68-59-57(55(64)54(63)56(71-59)58(65)66)70-53(62)47-44-41-38-35-32-28-24-21-18-15-12-9-6-3/h9,12,18,21,25-26,28,32,50,54-57,59,63-64H,4-8,10-11,13-17,19-20,22-24,27,29-31,33-49H2,1-3H3,(H,65,66)/b12-9-,21-18-,26-25-,32-28-. The Balaban J connectivity index is 2.72. The quantitative estimate of drug-likeness (QED) is 0.0228. The van der Waals surface area contributed by atoms with Gasteiger partial charge in [0.05, 0.1) is 6.61 Å². The highest BCUT2D eigenvalue weighted by Gasteiger charge is 2.50. The third-order valence-corrected chi connectivity index (χ3v) is 12.9. The Bertz CT molecular complexity index is 1420. The number of carbonyl (C=O) groups excluding carboxylic acids is 3. The minimum absolute atomic E-state index is 0.0260. The van der Waals surface area contributed by atoms with E-state index >= 15 is 0 Å². The molecule has 0 radical (unpaired) electrons. The van der Waals surface area contributed by atoms with Crippen molar-refractivity contribution in [1.29, 1.82) is 0 Å². The van der Waals surface area contributed by atoms with Crippen LogP contribution in [0.25, 0.3) is 0 Å². The molecule has 410 valence electrons. The smallest absolute Gasteiger partial charge is 0.335 e. The van der Waals surface area contributed by atoms with E-state index in [2.05, 4.69) is 69.4 Å². The topological polar surface area (TPSA) is 175 Å². The molecule has 1 fully saturated rings. The molecule has 71 heavy (non-hydrogen) atoms. The monoisotopic (exact) mass is 1000 g/mol. The maximum atomic E-state index is 13.1. The normalized spacial score (nSPS) is 18.8. The van der Waals surface area contributed by atoms with Gasteiger partial charge in [0.2, 0.25) is 0 Å². The van der Waals surface area contributed by atoms with Gasteiger partial charge in [0.1, 0.15) is 18.8 Å². The number of aliphatic hydroxyl groups is 2. The number of allylic oxidation sites excluding steroid dienone is 8. The number of ether oxygens (including phenoxy) is 5. The van der Waals surface area contributed by atoms with Crippen molar-refractivity contribution in [3.05, 3.63) is 48.6 Å². The fraction of sp³-hybridized carbons (Fsp3) is 0.797. The van der Waals surface area contributed by atoms with Gasteiger partial charge in [-0.25, -0.2) is 4.79 Å². The minimum Gasteiger partial charge on any atom is -0.479 e. The van der Waals surface area contributed by atoms with Gasteiger partial charge in [-0.1, -0.05) is 204 Å². The number of hydrogen-bond acceptors (Lipinski definition) is 11. The number of rotatable bonds is 48. The molecule has 0 spiro atoms. The van der Waals surface area contributed by atoms with Crippen molar-refractivity contribution in [3.8, 4) is 0 Å². The zero-order valence-corrected chi connectivity index (χ0v) is 45.0. The molecule has 0 saturated carbocycles. The van der Waals surface area contributed by atoms with E-state index in [1.165, 1.54) is 96.3 Å². The predicted octanol–water partition coefficient (Wildman–Crippen LogP) is 14.2. The number of carboxylic acids is 1. The third-order valence-electron chi connectivity index (χ3n) is 12.9. The lowest BCUT2D eigenvalue weighted by Crippen LogP contribution is -2.61. The second-order valence-electron chi connectivity index (χ2n) is 19.5. The molecule has 0 aromatic carbocycles. The Morgan fingerprint density at radius 1 is 0.479 bits per heavy atom. The lowest BCUT2D eigenvalue weighted by Gasteiger charge is -2.40. The SMILES string of the molecule is CC/C=C\C/C=C\C/C=C\CCCCCC(=O)OC1C(OCC(COC(=O)CCCCCCC/C=C\CCCCCCCC)OC(=O)CCCCCCCCCCCCCCC)OC(C(=O)O)C(O)C1O. The van der Waals surface area contributed by atoms with Crippen LogP contribution in [0.2, 0.25) is 0 Å². The maximum Gasteiger partial charge on any atom is 0.335 e. The van der Waals surface area contributed by atoms with Crippen molar-refractivity contribution < 1.29 is 58.2 Å². The summed E-state index contributed by atoms with van der Waals surface area (Å²) in [5.41, 5.74) is 0. The van der Waals surface area contributed by atoms with Crippen LogP contribution in [0, 0.1) is 0 Å². The van der Waals surface area contributed by atoms with Gasteiger partial charge in [-0.15, -0.1) is 0 Å². The van der Waals surface area contributed by atoms with E-state index in [1.54, 1.807) is 0 Å². The van der Waals surface area contributed by atoms with E-state index in [0.29, 0.717) is 19.3 Å². The Morgan fingerprint density at radius 3 is 1.38 bits per heavy atom. The molecule has 12 heteroatoms. The van der Waals surface area contributed by atoms with Crippen molar-refractivity contribution in [2.75, 3.05) is 13.2 Å². The molecule has 6 unspecified atom stereocenters. The summed E-state index contributed by atoms with van der Waals surface area (Å²) in [6, 6.07) is 0. The molecule has 0 aliphatic carbocycles. The highest BCUT2D eigenvalue weighted by atomic mass is 16.7. The van der Waals surface area contributed by atoms with Gasteiger partial charge in [0.15, 0.2) is 24.6 Å². The first-order valence-electron chi connectivity index (χ1n) is 28.6. The van der Waals surface area contributed by atoms with Gasteiger partial charge < -0.3 is 39.0 Å². The fourth-order valence-corrected chi connectivity index (χ4v) is 8.49. The Morgan fingerprint density at radius 2 is 0.887 bits per heavy atom. The first-order chi connectivity index (χ1) is 34.6. The van der Waals surface area contributed by atoms with Gasteiger partial charge in [-0.2, -0.15) is 0 Å². The number of esters is 3. The summed E-state index contributed by atoms with van der Waals surface area (Å²) in [6.45, 7) is 5.85. The molecule has 0 bridgehead atoms. The second-order valence-corrected chi connectivity index (χ2v) is 19.5.